The number of benzene rings is 3. The molecule has 166 valence electrons. The van der Waals surface area contributed by atoms with Crippen LogP contribution in [-0.4, -0.2) is 30.5 Å². The van der Waals surface area contributed by atoms with Gasteiger partial charge in [-0.2, -0.15) is 4.99 Å². The van der Waals surface area contributed by atoms with E-state index in [1.165, 1.54) is 11.3 Å². The normalized spacial score (nSPS) is 11.4. The van der Waals surface area contributed by atoms with Crippen LogP contribution in [0.2, 0.25) is 0 Å². The van der Waals surface area contributed by atoms with Crippen LogP contribution >= 0.6 is 11.3 Å². The molecule has 0 unspecified atom stereocenters. The van der Waals surface area contributed by atoms with Gasteiger partial charge in [-0.05, 0) is 12.1 Å². The van der Waals surface area contributed by atoms with Gasteiger partial charge in [0.05, 0.1) is 24.4 Å². The second-order valence-corrected chi connectivity index (χ2v) is 8.16. The van der Waals surface area contributed by atoms with Crippen molar-refractivity contribution in [1.82, 2.24) is 4.57 Å². The molecule has 0 aliphatic carbocycles. The third-order valence-electron chi connectivity index (χ3n) is 5.13. The first kappa shape index (κ1) is 22.2. The van der Waals surface area contributed by atoms with Crippen molar-refractivity contribution >= 4 is 33.2 Å². The van der Waals surface area contributed by atoms with Crippen molar-refractivity contribution < 1.29 is 19.1 Å². The summed E-state index contributed by atoms with van der Waals surface area (Å²) in [6, 6.07) is 19.3. The summed E-state index contributed by atoms with van der Waals surface area (Å²) in [5.74, 6) is 0.713. The van der Waals surface area contributed by atoms with Crippen LogP contribution in [0.4, 0.5) is 0 Å². The molecule has 4 aromatic rings. The van der Waals surface area contributed by atoms with E-state index >= 15 is 0 Å². The smallest absolute Gasteiger partial charge is 0.279 e. The number of allylic oxidation sites excluding steroid dienone is 1. The lowest BCUT2D eigenvalue weighted by molar-refractivity contribution is 0.0994. The Morgan fingerprint density at radius 2 is 1.55 bits per heavy atom. The number of ketones is 1. The number of fused-ring (bicyclic) bond motifs is 1. The Labute approximate surface area is 195 Å². The van der Waals surface area contributed by atoms with Crippen molar-refractivity contribution in [2.45, 2.75) is 6.54 Å². The van der Waals surface area contributed by atoms with E-state index < -0.39 is 5.91 Å². The molecule has 0 bridgehead atoms. The topological polar surface area (TPSA) is 69.9 Å². The van der Waals surface area contributed by atoms with Gasteiger partial charge in [-0.25, -0.2) is 0 Å². The quantitative estimate of drug-likeness (QED) is 0.292. The van der Waals surface area contributed by atoms with Crippen LogP contribution in [0.3, 0.4) is 0 Å². The van der Waals surface area contributed by atoms with Gasteiger partial charge in [0, 0.05) is 35.4 Å². The SMILES string of the molecule is C=CCn1c(=NC(=O)c2ccc(C(=O)c3ccccc3)cc2)sc2cc(OC)c(OC)cc21. The van der Waals surface area contributed by atoms with Crippen molar-refractivity contribution in [1.29, 1.82) is 0 Å². The highest BCUT2D eigenvalue weighted by molar-refractivity contribution is 7.16. The van der Waals surface area contributed by atoms with Crippen LogP contribution in [0.1, 0.15) is 26.3 Å². The van der Waals surface area contributed by atoms with E-state index in [-0.39, 0.29) is 5.78 Å². The number of rotatable bonds is 7. The molecule has 0 atom stereocenters. The first-order chi connectivity index (χ1) is 16.0. The predicted octanol–water partition coefficient (Wildman–Crippen LogP) is 4.88. The van der Waals surface area contributed by atoms with Crippen LogP contribution in [-0.2, 0) is 6.54 Å². The van der Waals surface area contributed by atoms with Crippen molar-refractivity contribution in [3.05, 3.63) is 101 Å². The van der Waals surface area contributed by atoms with Gasteiger partial charge in [-0.1, -0.05) is 59.9 Å². The van der Waals surface area contributed by atoms with Crippen molar-refractivity contribution in [3.8, 4) is 11.5 Å². The molecule has 0 aliphatic heterocycles. The highest BCUT2D eigenvalue weighted by atomic mass is 32.1. The van der Waals surface area contributed by atoms with Gasteiger partial charge < -0.3 is 14.0 Å². The molecule has 0 N–H and O–H groups in total. The van der Waals surface area contributed by atoms with Crippen LogP contribution in [0.5, 0.6) is 11.5 Å². The minimum Gasteiger partial charge on any atom is -0.493 e. The summed E-state index contributed by atoms with van der Waals surface area (Å²) >= 11 is 1.38. The second kappa shape index (κ2) is 9.67. The van der Waals surface area contributed by atoms with E-state index in [9.17, 15) is 9.59 Å². The van der Waals surface area contributed by atoms with E-state index in [0.29, 0.717) is 39.5 Å². The molecule has 3 aromatic carbocycles. The summed E-state index contributed by atoms with van der Waals surface area (Å²) in [5.41, 5.74) is 2.38. The average molecular weight is 459 g/mol. The van der Waals surface area contributed by atoms with Crippen molar-refractivity contribution in [2.24, 2.45) is 4.99 Å². The zero-order chi connectivity index (χ0) is 23.4. The maximum absolute atomic E-state index is 12.9. The average Bonchev–Trinajstić information content (AvgIpc) is 3.19. The van der Waals surface area contributed by atoms with Crippen LogP contribution in [0, 0.1) is 0 Å². The molecule has 0 fully saturated rings. The molecular weight excluding hydrogens is 436 g/mol. The van der Waals surface area contributed by atoms with Crippen LogP contribution < -0.4 is 14.3 Å². The lowest BCUT2D eigenvalue weighted by Crippen LogP contribution is -2.16. The van der Waals surface area contributed by atoms with Gasteiger partial charge in [-0.15, -0.1) is 6.58 Å². The number of hydrogen-bond donors (Lipinski definition) is 0. The number of methoxy groups -OCH3 is 2. The summed E-state index contributed by atoms with van der Waals surface area (Å²) in [6.07, 6.45) is 1.75. The Morgan fingerprint density at radius 3 is 2.18 bits per heavy atom. The fourth-order valence-corrected chi connectivity index (χ4v) is 4.51. The molecule has 33 heavy (non-hydrogen) atoms. The third-order valence-corrected chi connectivity index (χ3v) is 6.17. The lowest BCUT2D eigenvalue weighted by Gasteiger charge is -2.08. The number of amides is 1. The number of hydrogen-bond acceptors (Lipinski definition) is 5. The Hall–Kier alpha value is -3.97. The Bertz CT molecular complexity index is 1400. The standard InChI is InChI=1S/C26H22N2O4S/c1-4-14-28-20-15-21(31-2)22(32-3)16-23(20)33-26(28)27-25(30)19-12-10-18(11-13-19)24(29)17-8-6-5-7-9-17/h4-13,15-16H,1,14H2,2-3H3. The van der Waals surface area contributed by atoms with Crippen LogP contribution in [0.15, 0.2) is 84.4 Å². The molecule has 1 amide bonds. The predicted molar refractivity (Wildman–Crippen MR) is 129 cm³/mol. The largest absolute Gasteiger partial charge is 0.493 e. The minimum atomic E-state index is -0.392. The molecule has 6 nitrogen and oxygen atoms in total. The van der Waals surface area contributed by atoms with E-state index in [0.717, 1.165) is 10.2 Å². The summed E-state index contributed by atoms with van der Waals surface area (Å²) < 4.78 is 13.6. The second-order valence-electron chi connectivity index (χ2n) is 7.15. The van der Waals surface area contributed by atoms with Crippen molar-refractivity contribution in [2.75, 3.05) is 14.2 Å². The Morgan fingerprint density at radius 1 is 0.939 bits per heavy atom. The van der Waals surface area contributed by atoms with Gasteiger partial charge in [-0.3, -0.25) is 9.59 Å². The monoisotopic (exact) mass is 458 g/mol. The summed E-state index contributed by atoms with van der Waals surface area (Å²) in [6.45, 7) is 4.30. The number of aromatic nitrogens is 1. The minimum absolute atomic E-state index is 0.0947. The molecule has 0 spiro atoms. The van der Waals surface area contributed by atoms with E-state index in [2.05, 4.69) is 11.6 Å². The van der Waals surface area contributed by atoms with E-state index in [4.69, 9.17) is 9.47 Å². The molecule has 0 saturated heterocycles. The summed E-state index contributed by atoms with van der Waals surface area (Å²) in [7, 11) is 3.16. The molecule has 1 aromatic heterocycles. The first-order valence-electron chi connectivity index (χ1n) is 10.2. The zero-order valence-corrected chi connectivity index (χ0v) is 19.1. The lowest BCUT2D eigenvalue weighted by atomic mass is 10.0. The van der Waals surface area contributed by atoms with Gasteiger partial charge in [0.2, 0.25) is 0 Å². The Balaban J connectivity index is 1.70. The van der Waals surface area contributed by atoms with Crippen LogP contribution in [0.25, 0.3) is 10.2 Å². The van der Waals surface area contributed by atoms with Gasteiger partial charge in [0.15, 0.2) is 22.1 Å². The molecular formula is C26H22N2O4S. The number of ether oxygens (including phenoxy) is 2. The van der Waals surface area contributed by atoms with E-state index in [1.54, 1.807) is 56.7 Å². The molecule has 1 heterocycles. The van der Waals surface area contributed by atoms with Crippen molar-refractivity contribution in [3.63, 3.8) is 0 Å². The third kappa shape index (κ3) is 4.49. The van der Waals surface area contributed by atoms with Gasteiger partial charge >= 0.3 is 0 Å². The Kier molecular flexibility index (Phi) is 6.51. The van der Waals surface area contributed by atoms with E-state index in [1.807, 2.05) is 34.9 Å². The maximum atomic E-state index is 12.9. The summed E-state index contributed by atoms with van der Waals surface area (Å²) in [5, 5.41) is 0. The molecule has 7 heteroatoms. The summed E-state index contributed by atoms with van der Waals surface area (Å²) in [4.78, 5) is 30.4. The maximum Gasteiger partial charge on any atom is 0.279 e. The molecule has 4 rings (SSSR count). The number of carbonyl (C=O) groups excluding carboxylic acids is 2. The zero-order valence-electron chi connectivity index (χ0n) is 18.3. The number of nitrogens with zero attached hydrogens (tertiary/aromatic N) is 2. The van der Waals surface area contributed by atoms with Gasteiger partial charge in [0.25, 0.3) is 5.91 Å². The highest BCUT2D eigenvalue weighted by Gasteiger charge is 2.14. The fourth-order valence-electron chi connectivity index (χ4n) is 3.46. The fraction of sp³-hybridized carbons (Fsp3) is 0.115. The molecule has 0 radical (unpaired) electrons. The number of carbonyl (C=O) groups is 2. The molecule has 0 saturated carbocycles. The number of thiazole rings is 1. The highest BCUT2D eigenvalue weighted by Crippen LogP contribution is 2.33. The van der Waals surface area contributed by atoms with Gasteiger partial charge in [0.1, 0.15) is 0 Å². The molecule has 0 aliphatic rings. The first-order valence-corrected chi connectivity index (χ1v) is 11.0.